The van der Waals surface area contributed by atoms with Gasteiger partial charge in [0.15, 0.2) is 11.5 Å². The Labute approximate surface area is 118 Å². The number of rotatable bonds is 6. The van der Waals surface area contributed by atoms with Crippen molar-refractivity contribution in [3.05, 3.63) is 23.8 Å². The Balaban J connectivity index is 2.17. The van der Waals surface area contributed by atoms with Gasteiger partial charge >= 0.3 is 5.97 Å². The minimum Gasteiger partial charge on any atom is -0.486 e. The Bertz CT molecular complexity index is 471. The molecule has 0 saturated carbocycles. The number of benzene rings is 1. The molecule has 110 valence electrons. The number of carboxylic acid groups (broad SMARTS) is 1. The molecular weight excluding hydrogens is 260 g/mol. The number of aliphatic carboxylic acids is 1. The molecule has 0 amide bonds. The largest absolute Gasteiger partial charge is 0.486 e. The van der Waals surface area contributed by atoms with E-state index in [1.165, 1.54) is 0 Å². The normalized spacial score (nSPS) is 16.5. The summed E-state index contributed by atoms with van der Waals surface area (Å²) in [6.07, 6.45) is 1.10. The van der Waals surface area contributed by atoms with E-state index in [4.69, 9.17) is 9.47 Å². The van der Waals surface area contributed by atoms with Gasteiger partial charge in [-0.15, -0.1) is 0 Å². The first-order chi connectivity index (χ1) is 9.63. The maximum absolute atomic E-state index is 11.3. The summed E-state index contributed by atoms with van der Waals surface area (Å²) in [5, 5.41) is 19.6. The molecule has 0 fully saturated rings. The van der Waals surface area contributed by atoms with Crippen LogP contribution in [-0.2, 0) is 4.79 Å². The van der Waals surface area contributed by atoms with Crippen molar-refractivity contribution in [1.82, 2.24) is 0 Å². The van der Waals surface area contributed by atoms with Crippen molar-refractivity contribution in [3.8, 4) is 11.5 Å². The third-order valence-electron chi connectivity index (χ3n) is 3.47. The average molecular weight is 280 g/mol. The van der Waals surface area contributed by atoms with Crippen molar-refractivity contribution < 1.29 is 24.5 Å². The fourth-order valence-corrected chi connectivity index (χ4v) is 2.32. The first-order valence-electron chi connectivity index (χ1n) is 6.94. The van der Waals surface area contributed by atoms with Gasteiger partial charge in [0.2, 0.25) is 0 Å². The third kappa shape index (κ3) is 3.22. The molecule has 0 aliphatic carbocycles. The Morgan fingerprint density at radius 2 is 2.00 bits per heavy atom. The Morgan fingerprint density at radius 1 is 1.30 bits per heavy atom. The fraction of sp³-hybridized carbons (Fsp3) is 0.533. The number of ether oxygens (including phenoxy) is 2. The number of unbranched alkanes of at least 4 members (excludes halogenated alkanes) is 1. The quantitative estimate of drug-likeness (QED) is 0.836. The van der Waals surface area contributed by atoms with Crippen molar-refractivity contribution in [2.45, 2.75) is 32.3 Å². The minimum absolute atomic E-state index is 0.460. The molecule has 0 saturated heterocycles. The van der Waals surface area contributed by atoms with Crippen LogP contribution in [0.5, 0.6) is 11.5 Å². The van der Waals surface area contributed by atoms with Crippen LogP contribution < -0.4 is 9.47 Å². The fourth-order valence-electron chi connectivity index (χ4n) is 2.32. The maximum atomic E-state index is 11.3. The second kappa shape index (κ2) is 6.61. The standard InChI is InChI=1S/C15H20O5/c1-2-3-4-11(15(17)18)14(16)10-5-6-12-13(9-10)20-8-7-19-12/h5-6,9,11,14,16H,2-4,7-8H2,1H3,(H,17,18). The highest BCUT2D eigenvalue weighted by Gasteiger charge is 2.28. The smallest absolute Gasteiger partial charge is 0.309 e. The predicted molar refractivity (Wildman–Crippen MR) is 73.0 cm³/mol. The first kappa shape index (κ1) is 14.7. The lowest BCUT2D eigenvalue weighted by Gasteiger charge is -2.23. The highest BCUT2D eigenvalue weighted by molar-refractivity contribution is 5.71. The lowest BCUT2D eigenvalue weighted by Crippen LogP contribution is -2.22. The van der Waals surface area contributed by atoms with Crippen LogP contribution in [0.4, 0.5) is 0 Å². The van der Waals surface area contributed by atoms with Crippen LogP contribution in [0.1, 0.15) is 37.9 Å². The van der Waals surface area contributed by atoms with E-state index in [1.807, 2.05) is 6.92 Å². The molecule has 20 heavy (non-hydrogen) atoms. The molecule has 0 radical (unpaired) electrons. The van der Waals surface area contributed by atoms with E-state index in [9.17, 15) is 15.0 Å². The highest BCUT2D eigenvalue weighted by Crippen LogP contribution is 2.35. The van der Waals surface area contributed by atoms with Gasteiger partial charge in [-0.05, 0) is 24.1 Å². The highest BCUT2D eigenvalue weighted by atomic mass is 16.6. The van der Waals surface area contributed by atoms with Gasteiger partial charge < -0.3 is 19.7 Å². The Kier molecular flexibility index (Phi) is 4.84. The second-order valence-corrected chi connectivity index (χ2v) is 4.93. The monoisotopic (exact) mass is 280 g/mol. The SMILES string of the molecule is CCCCC(C(=O)O)C(O)c1ccc2c(c1)OCCO2. The zero-order valence-electron chi connectivity index (χ0n) is 11.5. The van der Waals surface area contributed by atoms with Crippen LogP contribution in [0.15, 0.2) is 18.2 Å². The van der Waals surface area contributed by atoms with Gasteiger partial charge in [0.25, 0.3) is 0 Å². The van der Waals surface area contributed by atoms with Gasteiger partial charge in [0.05, 0.1) is 12.0 Å². The molecule has 1 aromatic rings. The summed E-state index contributed by atoms with van der Waals surface area (Å²) in [6.45, 7) is 2.96. The summed E-state index contributed by atoms with van der Waals surface area (Å²) in [5.74, 6) is -0.571. The summed E-state index contributed by atoms with van der Waals surface area (Å²) >= 11 is 0. The Hall–Kier alpha value is -1.75. The van der Waals surface area contributed by atoms with E-state index < -0.39 is 18.0 Å². The summed E-state index contributed by atoms with van der Waals surface area (Å²) < 4.78 is 10.9. The van der Waals surface area contributed by atoms with Crippen LogP contribution in [0, 0.1) is 5.92 Å². The molecule has 1 aromatic carbocycles. The number of aliphatic hydroxyl groups excluding tert-OH is 1. The molecule has 0 bridgehead atoms. The van der Waals surface area contributed by atoms with Gasteiger partial charge in [-0.1, -0.05) is 25.8 Å². The van der Waals surface area contributed by atoms with Crippen molar-refractivity contribution >= 4 is 5.97 Å². The number of hydrogen-bond donors (Lipinski definition) is 2. The third-order valence-corrected chi connectivity index (χ3v) is 3.47. The topological polar surface area (TPSA) is 76.0 Å². The molecule has 2 unspecified atom stereocenters. The second-order valence-electron chi connectivity index (χ2n) is 4.93. The molecule has 5 heteroatoms. The maximum Gasteiger partial charge on any atom is 0.309 e. The molecule has 0 aromatic heterocycles. The van der Waals surface area contributed by atoms with Crippen molar-refractivity contribution in [2.75, 3.05) is 13.2 Å². The molecule has 1 heterocycles. The van der Waals surface area contributed by atoms with Gasteiger partial charge in [-0.3, -0.25) is 4.79 Å². The zero-order valence-corrected chi connectivity index (χ0v) is 11.5. The number of fused-ring (bicyclic) bond motifs is 1. The van der Waals surface area contributed by atoms with E-state index in [1.54, 1.807) is 18.2 Å². The molecule has 5 nitrogen and oxygen atoms in total. The van der Waals surface area contributed by atoms with Crippen LogP contribution in [0.3, 0.4) is 0 Å². The summed E-state index contributed by atoms with van der Waals surface area (Å²) in [4.78, 5) is 11.3. The van der Waals surface area contributed by atoms with E-state index in [0.29, 0.717) is 36.7 Å². The molecule has 2 rings (SSSR count). The first-order valence-corrected chi connectivity index (χ1v) is 6.94. The molecule has 0 spiro atoms. The number of carbonyl (C=O) groups is 1. The van der Waals surface area contributed by atoms with E-state index in [-0.39, 0.29) is 0 Å². The summed E-state index contributed by atoms with van der Waals surface area (Å²) in [7, 11) is 0. The van der Waals surface area contributed by atoms with E-state index in [0.717, 1.165) is 12.8 Å². The molecule has 2 atom stereocenters. The van der Waals surface area contributed by atoms with Gasteiger partial charge in [0.1, 0.15) is 13.2 Å². The minimum atomic E-state index is -1.03. The van der Waals surface area contributed by atoms with Crippen molar-refractivity contribution in [2.24, 2.45) is 5.92 Å². The predicted octanol–water partition coefficient (Wildman–Crippen LogP) is 2.38. The summed E-state index contributed by atoms with van der Waals surface area (Å²) in [6, 6.07) is 5.08. The van der Waals surface area contributed by atoms with Gasteiger partial charge in [-0.25, -0.2) is 0 Å². The van der Waals surface area contributed by atoms with Crippen molar-refractivity contribution in [1.29, 1.82) is 0 Å². The molecule has 1 aliphatic rings. The van der Waals surface area contributed by atoms with E-state index in [2.05, 4.69) is 0 Å². The average Bonchev–Trinajstić information content (AvgIpc) is 2.46. The van der Waals surface area contributed by atoms with E-state index >= 15 is 0 Å². The van der Waals surface area contributed by atoms with Crippen molar-refractivity contribution in [3.63, 3.8) is 0 Å². The van der Waals surface area contributed by atoms with Crippen LogP contribution in [0.2, 0.25) is 0 Å². The number of carboxylic acids is 1. The van der Waals surface area contributed by atoms with Gasteiger partial charge in [-0.2, -0.15) is 0 Å². The molecular formula is C15H20O5. The molecule has 2 N–H and O–H groups in total. The Morgan fingerprint density at radius 3 is 2.65 bits per heavy atom. The number of aliphatic hydroxyl groups is 1. The molecule has 1 aliphatic heterocycles. The van der Waals surface area contributed by atoms with Crippen LogP contribution in [0.25, 0.3) is 0 Å². The number of hydrogen-bond acceptors (Lipinski definition) is 4. The van der Waals surface area contributed by atoms with Gasteiger partial charge in [0, 0.05) is 0 Å². The lowest BCUT2D eigenvalue weighted by atomic mass is 9.91. The summed E-state index contributed by atoms with van der Waals surface area (Å²) in [5.41, 5.74) is 0.553. The van der Waals surface area contributed by atoms with Crippen LogP contribution in [-0.4, -0.2) is 29.4 Å². The van der Waals surface area contributed by atoms with Crippen LogP contribution >= 0.6 is 0 Å². The zero-order chi connectivity index (χ0) is 14.5. The lowest BCUT2D eigenvalue weighted by molar-refractivity contribution is -0.146.